The third kappa shape index (κ3) is 3.00. The van der Waals surface area contributed by atoms with Gasteiger partial charge in [0.25, 0.3) is 0 Å². The van der Waals surface area contributed by atoms with Crippen molar-refractivity contribution in [3.8, 4) is 23.3 Å². The molecule has 26 heavy (non-hydrogen) atoms. The molecule has 0 spiro atoms. The van der Waals surface area contributed by atoms with Crippen LogP contribution in [0.25, 0.3) is 0 Å². The quantitative estimate of drug-likeness (QED) is 0.912. The third-order valence-electron chi connectivity index (χ3n) is 4.43. The molecule has 0 unspecified atom stereocenters. The topological polar surface area (TPSA) is 80.7 Å². The van der Waals surface area contributed by atoms with E-state index in [9.17, 15) is 5.26 Å². The van der Waals surface area contributed by atoms with Crippen LogP contribution in [0.4, 0.5) is 5.69 Å². The molecular weight excluding hydrogens is 330 g/mol. The Hall–Kier alpha value is -3.33. The number of benzene rings is 2. The van der Waals surface area contributed by atoms with Crippen LogP contribution in [-0.4, -0.2) is 28.3 Å². The highest BCUT2D eigenvalue weighted by Crippen LogP contribution is 2.44. The Kier molecular flexibility index (Phi) is 4.63. The lowest BCUT2D eigenvalue weighted by Gasteiger charge is -2.28. The smallest absolute Gasteiger partial charge is 0.205 e. The molecule has 0 saturated heterocycles. The van der Waals surface area contributed by atoms with Crippen molar-refractivity contribution in [2.75, 3.05) is 33.2 Å². The summed E-state index contributed by atoms with van der Waals surface area (Å²) in [7, 11) is 7.09. The van der Waals surface area contributed by atoms with Gasteiger partial charge in [-0.25, -0.2) is 0 Å². The molecule has 0 fully saturated rings. The van der Waals surface area contributed by atoms with Gasteiger partial charge in [0.05, 0.1) is 20.1 Å². The Morgan fingerprint density at radius 3 is 2.27 bits per heavy atom. The molecule has 2 aromatic rings. The first-order chi connectivity index (χ1) is 12.5. The Labute approximate surface area is 153 Å². The monoisotopic (exact) mass is 351 g/mol. The maximum atomic E-state index is 9.68. The Morgan fingerprint density at radius 1 is 1.08 bits per heavy atom. The first-order valence-electron chi connectivity index (χ1n) is 8.10. The molecule has 1 aliphatic heterocycles. The Balaban J connectivity index is 2.21. The van der Waals surface area contributed by atoms with Crippen molar-refractivity contribution in [2.45, 2.75) is 5.92 Å². The number of hydrogen-bond acceptors (Lipinski definition) is 6. The lowest BCUT2D eigenvalue weighted by molar-refractivity contribution is 0.387. The van der Waals surface area contributed by atoms with Gasteiger partial charge in [-0.1, -0.05) is 6.07 Å². The summed E-state index contributed by atoms with van der Waals surface area (Å²) in [6, 6.07) is 13.6. The van der Waals surface area contributed by atoms with Gasteiger partial charge in [-0.3, -0.25) is 0 Å². The molecule has 1 atom stereocenters. The van der Waals surface area contributed by atoms with Crippen LogP contribution >= 0.6 is 0 Å². The van der Waals surface area contributed by atoms with Crippen molar-refractivity contribution in [1.29, 1.82) is 5.26 Å². The fraction of sp³-hybridized carbons (Fsp3) is 0.250. The van der Waals surface area contributed by atoms with Gasteiger partial charge in [-0.2, -0.15) is 5.26 Å². The minimum atomic E-state index is -0.357. The van der Waals surface area contributed by atoms with Gasteiger partial charge >= 0.3 is 0 Å². The first kappa shape index (κ1) is 17.5. The van der Waals surface area contributed by atoms with Crippen LogP contribution < -0.4 is 24.8 Å². The lowest BCUT2D eigenvalue weighted by atomic mass is 9.83. The number of rotatable bonds is 4. The summed E-state index contributed by atoms with van der Waals surface area (Å²) in [4.78, 5) is 1.98. The molecule has 2 aromatic carbocycles. The van der Waals surface area contributed by atoms with E-state index in [1.807, 2.05) is 49.3 Å². The summed E-state index contributed by atoms with van der Waals surface area (Å²) < 4.78 is 16.5. The standard InChI is InChI=1S/C20H21N3O3/c1-23(2)13-5-6-16-18(9-13)26-20(22)17(11-21)19(16)12-7-14(24-3)10-15(8-12)25-4/h5-10,19H,22H2,1-4H3/t19-/m0/s1. The van der Waals surface area contributed by atoms with Crippen LogP contribution in [-0.2, 0) is 0 Å². The number of anilines is 1. The van der Waals surface area contributed by atoms with Crippen LogP contribution in [0.2, 0.25) is 0 Å². The maximum absolute atomic E-state index is 9.68. The minimum absolute atomic E-state index is 0.114. The van der Waals surface area contributed by atoms with Gasteiger partial charge in [0.15, 0.2) is 0 Å². The van der Waals surface area contributed by atoms with Gasteiger partial charge in [0.1, 0.15) is 28.9 Å². The fourth-order valence-corrected chi connectivity index (χ4v) is 3.06. The number of fused-ring (bicyclic) bond motifs is 1. The molecule has 0 amide bonds. The summed E-state index contributed by atoms with van der Waals surface area (Å²) >= 11 is 0. The molecule has 134 valence electrons. The Bertz CT molecular complexity index is 891. The molecule has 0 aliphatic carbocycles. The second-order valence-corrected chi connectivity index (χ2v) is 6.19. The van der Waals surface area contributed by atoms with E-state index in [1.165, 1.54) is 0 Å². The van der Waals surface area contributed by atoms with Crippen molar-refractivity contribution in [3.05, 3.63) is 59.0 Å². The number of methoxy groups -OCH3 is 2. The molecule has 2 N–H and O–H groups in total. The van der Waals surface area contributed by atoms with Crippen LogP contribution in [0.15, 0.2) is 47.9 Å². The highest BCUT2D eigenvalue weighted by molar-refractivity contribution is 5.62. The minimum Gasteiger partial charge on any atom is -0.497 e. The van der Waals surface area contributed by atoms with Gasteiger partial charge in [0.2, 0.25) is 5.88 Å². The second-order valence-electron chi connectivity index (χ2n) is 6.19. The second kappa shape index (κ2) is 6.89. The number of nitriles is 1. The van der Waals surface area contributed by atoms with E-state index < -0.39 is 0 Å². The summed E-state index contributed by atoms with van der Waals surface area (Å²) in [5, 5.41) is 9.68. The van der Waals surface area contributed by atoms with Crippen LogP contribution in [0, 0.1) is 11.3 Å². The van der Waals surface area contributed by atoms with Crippen LogP contribution in [0.3, 0.4) is 0 Å². The van der Waals surface area contributed by atoms with Crippen molar-refractivity contribution < 1.29 is 14.2 Å². The van der Waals surface area contributed by atoms with Crippen LogP contribution in [0.5, 0.6) is 17.2 Å². The van der Waals surface area contributed by atoms with E-state index in [4.69, 9.17) is 19.9 Å². The van der Waals surface area contributed by atoms with Crippen molar-refractivity contribution in [3.63, 3.8) is 0 Å². The molecule has 0 radical (unpaired) electrons. The van der Waals surface area contributed by atoms with Crippen LogP contribution in [0.1, 0.15) is 17.0 Å². The van der Waals surface area contributed by atoms with Gasteiger partial charge in [0, 0.05) is 37.5 Å². The Morgan fingerprint density at radius 2 is 1.73 bits per heavy atom. The zero-order valence-corrected chi connectivity index (χ0v) is 15.2. The molecule has 1 heterocycles. The number of nitrogens with two attached hydrogens (primary N) is 1. The average molecular weight is 351 g/mol. The van der Waals surface area contributed by atoms with E-state index in [0.717, 1.165) is 16.8 Å². The molecule has 0 saturated carbocycles. The van der Waals surface area contributed by atoms with E-state index in [1.54, 1.807) is 20.3 Å². The molecule has 3 rings (SSSR count). The maximum Gasteiger partial charge on any atom is 0.205 e. The molecule has 6 nitrogen and oxygen atoms in total. The molecule has 0 bridgehead atoms. The van der Waals surface area contributed by atoms with E-state index in [2.05, 4.69) is 6.07 Å². The lowest BCUT2D eigenvalue weighted by Crippen LogP contribution is -2.21. The van der Waals surface area contributed by atoms with E-state index in [-0.39, 0.29) is 11.8 Å². The van der Waals surface area contributed by atoms with Crippen molar-refractivity contribution in [1.82, 2.24) is 0 Å². The molecule has 1 aliphatic rings. The highest BCUT2D eigenvalue weighted by atomic mass is 16.5. The number of allylic oxidation sites excluding steroid dienone is 1. The predicted octanol–water partition coefficient (Wildman–Crippen LogP) is 2.99. The number of hydrogen-bond donors (Lipinski definition) is 1. The zero-order chi connectivity index (χ0) is 18.8. The summed E-state index contributed by atoms with van der Waals surface area (Å²) in [6.07, 6.45) is 0. The van der Waals surface area contributed by atoms with E-state index in [0.29, 0.717) is 22.8 Å². The number of nitrogens with zero attached hydrogens (tertiary/aromatic N) is 2. The van der Waals surface area contributed by atoms with Gasteiger partial charge in [-0.05, 0) is 23.8 Å². The molecule has 0 aromatic heterocycles. The number of ether oxygens (including phenoxy) is 3. The van der Waals surface area contributed by atoms with Gasteiger partial charge < -0.3 is 24.8 Å². The summed E-state index contributed by atoms with van der Waals surface area (Å²) in [6.45, 7) is 0. The normalized spacial score (nSPS) is 15.6. The first-order valence-corrected chi connectivity index (χ1v) is 8.10. The average Bonchev–Trinajstić information content (AvgIpc) is 2.65. The fourth-order valence-electron chi connectivity index (χ4n) is 3.06. The summed E-state index contributed by atoms with van der Waals surface area (Å²) in [5.74, 6) is 1.69. The van der Waals surface area contributed by atoms with Gasteiger partial charge in [-0.15, -0.1) is 0 Å². The van der Waals surface area contributed by atoms with Crippen molar-refractivity contribution >= 4 is 5.69 Å². The molecule has 6 heteroatoms. The third-order valence-corrected chi connectivity index (χ3v) is 4.43. The predicted molar refractivity (Wildman–Crippen MR) is 99.6 cm³/mol. The highest BCUT2D eigenvalue weighted by Gasteiger charge is 2.31. The zero-order valence-electron chi connectivity index (χ0n) is 15.2. The molecular formula is C20H21N3O3. The largest absolute Gasteiger partial charge is 0.497 e. The van der Waals surface area contributed by atoms with Crippen molar-refractivity contribution in [2.24, 2.45) is 5.73 Å². The SMILES string of the molecule is COc1cc(OC)cc([C@@H]2C(C#N)=C(N)Oc3cc(N(C)C)ccc32)c1. The summed E-state index contributed by atoms with van der Waals surface area (Å²) in [5.41, 5.74) is 9.13. The van der Waals surface area contributed by atoms with E-state index >= 15 is 0 Å².